The van der Waals surface area contributed by atoms with Crippen LogP contribution in [0.4, 0.5) is 14.5 Å². The summed E-state index contributed by atoms with van der Waals surface area (Å²) in [4.78, 5) is 2.04. The summed E-state index contributed by atoms with van der Waals surface area (Å²) in [5.74, 6) is 0.968. The van der Waals surface area contributed by atoms with E-state index in [1.54, 1.807) is 30.0 Å². The smallest absolute Gasteiger partial charge is 0.387 e. The molecule has 0 bridgehead atoms. The molecule has 136 valence electrons. The molecule has 1 N–H and O–H groups in total. The molecule has 0 fully saturated rings. The van der Waals surface area contributed by atoms with Gasteiger partial charge in [0.15, 0.2) is 6.54 Å². The van der Waals surface area contributed by atoms with Gasteiger partial charge in [0, 0.05) is 5.75 Å². The van der Waals surface area contributed by atoms with Crippen LogP contribution in [0, 0.1) is 0 Å². The molecule has 0 amide bonds. The third-order valence-corrected chi connectivity index (χ3v) is 5.84. The minimum Gasteiger partial charge on any atom is -0.434 e. The molecule has 1 atom stereocenters. The predicted molar refractivity (Wildman–Crippen MR) is 98.0 cm³/mol. The molecule has 26 heavy (non-hydrogen) atoms. The summed E-state index contributed by atoms with van der Waals surface area (Å²) in [5, 5.41) is 12.5. The Hall–Kier alpha value is -2.12. The lowest BCUT2D eigenvalue weighted by atomic mass is 10.0. The monoisotopic (exact) mass is 377 g/mol. The molecular weight excluding hydrogens is 358 g/mol. The molecule has 0 saturated heterocycles. The zero-order chi connectivity index (χ0) is 18.1. The average Bonchev–Trinajstić information content (AvgIpc) is 2.97. The van der Waals surface area contributed by atoms with Gasteiger partial charge in [0.25, 0.3) is 5.72 Å². The second kappa shape index (κ2) is 6.89. The first-order valence-corrected chi connectivity index (χ1v) is 9.45. The molecule has 7 heteroatoms. The molecule has 0 spiro atoms. The Balaban J connectivity index is 1.81. The van der Waals surface area contributed by atoms with Crippen molar-refractivity contribution in [2.45, 2.75) is 18.8 Å². The molecule has 4 rings (SSSR count). The number of thioether (sulfide) groups is 1. The van der Waals surface area contributed by atoms with Crippen molar-refractivity contribution in [2.75, 3.05) is 23.7 Å². The second-order valence-corrected chi connectivity index (χ2v) is 7.31. The first kappa shape index (κ1) is 17.3. The third-order valence-electron chi connectivity index (χ3n) is 4.65. The van der Waals surface area contributed by atoms with Crippen molar-refractivity contribution in [3.05, 3.63) is 60.2 Å². The molecular formula is C19H19F2N2O2S+. The van der Waals surface area contributed by atoms with Crippen molar-refractivity contribution in [3.63, 3.8) is 0 Å². The van der Waals surface area contributed by atoms with Crippen molar-refractivity contribution >= 4 is 22.6 Å². The molecule has 2 aromatic carbocycles. The highest BCUT2D eigenvalue weighted by Gasteiger charge is 2.54. The zero-order valence-electron chi connectivity index (χ0n) is 14.0. The molecule has 0 radical (unpaired) electrons. The maximum absolute atomic E-state index is 12.8. The lowest BCUT2D eigenvalue weighted by molar-refractivity contribution is -0.656. The highest BCUT2D eigenvalue weighted by Crippen LogP contribution is 2.40. The van der Waals surface area contributed by atoms with Gasteiger partial charge in [0.1, 0.15) is 11.4 Å². The fourth-order valence-electron chi connectivity index (χ4n) is 3.54. The summed E-state index contributed by atoms with van der Waals surface area (Å²) in [7, 11) is 0. The normalized spacial score (nSPS) is 22.7. The number of β-amino-alcohol motifs (C(OH)–C–C–N with tert-alkyl or cyclic N) is 1. The minimum absolute atomic E-state index is 0.00911. The number of hydrogen-bond donors (Lipinski definition) is 1. The number of alkyl halides is 2. The summed E-state index contributed by atoms with van der Waals surface area (Å²) < 4.78 is 32.3. The molecule has 0 aromatic heterocycles. The highest BCUT2D eigenvalue weighted by molar-refractivity contribution is 8.13. The number of nitrogens with zero attached hydrogens (tertiary/aromatic N) is 2. The number of anilines is 1. The van der Waals surface area contributed by atoms with Gasteiger partial charge < -0.3 is 9.84 Å². The topological polar surface area (TPSA) is 35.7 Å². The SMILES string of the molecule is O[C@]1(c2ccccc2OC(F)F)CN(c2ccccc2)C2=[N+]1CCCS2. The maximum atomic E-state index is 12.8. The Morgan fingerprint density at radius 1 is 1.12 bits per heavy atom. The van der Waals surface area contributed by atoms with Crippen LogP contribution in [0.15, 0.2) is 54.6 Å². The van der Waals surface area contributed by atoms with E-state index in [-0.39, 0.29) is 12.3 Å². The molecule has 2 aliphatic heterocycles. The van der Waals surface area contributed by atoms with Gasteiger partial charge in [0.2, 0.25) is 0 Å². The van der Waals surface area contributed by atoms with E-state index in [2.05, 4.69) is 4.74 Å². The van der Waals surface area contributed by atoms with Gasteiger partial charge >= 0.3 is 11.8 Å². The van der Waals surface area contributed by atoms with E-state index in [1.807, 2.05) is 39.8 Å². The van der Waals surface area contributed by atoms with Gasteiger partial charge in [-0.25, -0.2) is 9.48 Å². The summed E-state index contributed by atoms with van der Waals surface area (Å²) >= 11 is 1.67. The number of para-hydroxylation sites is 2. The van der Waals surface area contributed by atoms with Gasteiger partial charge in [-0.1, -0.05) is 30.3 Å². The molecule has 2 heterocycles. The van der Waals surface area contributed by atoms with Crippen molar-refractivity contribution in [2.24, 2.45) is 0 Å². The van der Waals surface area contributed by atoms with E-state index in [4.69, 9.17) is 0 Å². The average molecular weight is 377 g/mol. The van der Waals surface area contributed by atoms with Crippen molar-refractivity contribution in [1.82, 2.24) is 0 Å². The van der Waals surface area contributed by atoms with E-state index in [0.717, 1.165) is 23.0 Å². The first-order chi connectivity index (χ1) is 12.6. The summed E-state index contributed by atoms with van der Waals surface area (Å²) in [6.45, 7) is -2.03. The maximum Gasteiger partial charge on any atom is 0.387 e. The molecule has 4 nitrogen and oxygen atoms in total. The van der Waals surface area contributed by atoms with Gasteiger partial charge in [-0.05, 0) is 42.4 Å². The first-order valence-electron chi connectivity index (χ1n) is 8.46. The summed E-state index contributed by atoms with van der Waals surface area (Å²) in [5.41, 5.74) is -0.104. The standard InChI is InChI=1S/C19H19F2N2O2S/c20-17(21)25-16-10-5-4-9-15(16)19(24)13-22(14-7-2-1-3-8-14)18-23(19)11-6-12-26-18/h1-5,7-10,17,24H,6,11-13H2/q+1/t19-/m0/s1. The Labute approximate surface area is 154 Å². The van der Waals surface area contributed by atoms with Crippen LogP contribution in [0.2, 0.25) is 0 Å². The van der Waals surface area contributed by atoms with Crippen LogP contribution >= 0.6 is 11.8 Å². The van der Waals surface area contributed by atoms with Crippen LogP contribution in [-0.4, -0.2) is 40.3 Å². The number of benzene rings is 2. The van der Waals surface area contributed by atoms with Gasteiger partial charge in [-0.15, -0.1) is 0 Å². The van der Waals surface area contributed by atoms with Crippen LogP contribution in [-0.2, 0) is 5.72 Å². The van der Waals surface area contributed by atoms with Crippen molar-refractivity contribution in [1.29, 1.82) is 0 Å². The van der Waals surface area contributed by atoms with Crippen molar-refractivity contribution < 1.29 is 23.2 Å². The van der Waals surface area contributed by atoms with Crippen LogP contribution in [0.3, 0.4) is 0 Å². The van der Waals surface area contributed by atoms with Gasteiger partial charge in [-0.3, -0.25) is 0 Å². The Morgan fingerprint density at radius 2 is 1.85 bits per heavy atom. The number of amidine groups is 1. The van der Waals surface area contributed by atoms with Crippen molar-refractivity contribution in [3.8, 4) is 5.75 Å². The number of rotatable bonds is 4. The second-order valence-electron chi connectivity index (χ2n) is 6.25. The fourth-order valence-corrected chi connectivity index (χ4v) is 4.72. The van der Waals surface area contributed by atoms with E-state index in [0.29, 0.717) is 12.1 Å². The Kier molecular flexibility index (Phi) is 4.58. The molecule has 2 aliphatic rings. The third kappa shape index (κ3) is 2.95. The molecule has 0 unspecified atom stereocenters. The highest BCUT2D eigenvalue weighted by atomic mass is 32.2. The van der Waals surface area contributed by atoms with E-state index in [9.17, 15) is 13.9 Å². The lowest BCUT2D eigenvalue weighted by Gasteiger charge is -2.26. The largest absolute Gasteiger partial charge is 0.434 e. The van der Waals surface area contributed by atoms with Crippen LogP contribution in [0.25, 0.3) is 0 Å². The molecule has 2 aromatic rings. The molecule has 0 saturated carbocycles. The fraction of sp³-hybridized carbons (Fsp3) is 0.316. The van der Waals surface area contributed by atoms with Crippen LogP contribution < -0.4 is 9.64 Å². The minimum atomic E-state index is -2.94. The summed E-state index contributed by atoms with van der Waals surface area (Å²) in [6, 6.07) is 16.3. The number of halogens is 2. The Bertz CT molecular complexity index is 831. The predicted octanol–water partition coefficient (Wildman–Crippen LogP) is 3.46. The van der Waals surface area contributed by atoms with E-state index >= 15 is 0 Å². The van der Waals surface area contributed by atoms with E-state index < -0.39 is 12.3 Å². The van der Waals surface area contributed by atoms with Gasteiger partial charge in [-0.2, -0.15) is 8.78 Å². The lowest BCUT2D eigenvalue weighted by Crippen LogP contribution is -2.42. The van der Waals surface area contributed by atoms with Crippen LogP contribution in [0.5, 0.6) is 5.75 Å². The number of aliphatic hydroxyl groups is 1. The van der Waals surface area contributed by atoms with E-state index in [1.165, 1.54) is 6.07 Å². The summed E-state index contributed by atoms with van der Waals surface area (Å²) in [6.07, 6.45) is 0.914. The van der Waals surface area contributed by atoms with Gasteiger partial charge in [0.05, 0.1) is 12.1 Å². The zero-order valence-corrected chi connectivity index (χ0v) is 14.8. The number of ether oxygens (including phenoxy) is 1. The van der Waals surface area contributed by atoms with Crippen LogP contribution in [0.1, 0.15) is 12.0 Å². The quantitative estimate of drug-likeness (QED) is 0.828. The number of hydrogen-bond acceptors (Lipinski definition) is 4. The molecule has 0 aliphatic carbocycles. The Morgan fingerprint density at radius 3 is 2.62 bits per heavy atom.